The monoisotopic (exact) mass is 182 g/mol. The van der Waals surface area contributed by atoms with Crippen LogP contribution >= 0.6 is 0 Å². The summed E-state index contributed by atoms with van der Waals surface area (Å²) in [5, 5.41) is 0. The van der Waals surface area contributed by atoms with Gasteiger partial charge in [-0.05, 0) is 50.6 Å². The molecule has 0 bridgehead atoms. The number of nitrogens with two attached hydrogens (primary N) is 1. The Morgan fingerprint density at radius 1 is 1.38 bits per heavy atom. The van der Waals surface area contributed by atoms with Crippen LogP contribution in [-0.2, 0) is 0 Å². The molecular formula is C11H22N2. The van der Waals surface area contributed by atoms with Crippen LogP contribution in [0.5, 0.6) is 0 Å². The first-order valence-corrected chi connectivity index (χ1v) is 5.73. The van der Waals surface area contributed by atoms with Gasteiger partial charge in [-0.15, -0.1) is 0 Å². The maximum Gasteiger partial charge on any atom is 0.0100 e. The van der Waals surface area contributed by atoms with E-state index in [1.54, 1.807) is 0 Å². The van der Waals surface area contributed by atoms with E-state index < -0.39 is 0 Å². The van der Waals surface area contributed by atoms with Crippen LogP contribution in [0, 0.1) is 11.8 Å². The molecule has 1 unspecified atom stereocenters. The Balaban J connectivity index is 1.79. The van der Waals surface area contributed by atoms with Crippen molar-refractivity contribution in [2.45, 2.75) is 38.6 Å². The summed E-state index contributed by atoms with van der Waals surface area (Å²) in [6, 6.07) is 0.907. The lowest BCUT2D eigenvalue weighted by Gasteiger charge is -2.45. The molecule has 0 aromatic heterocycles. The SMILES string of the molecule is CC1CC(N2CCCC(CN)C2)C1. The molecule has 1 aliphatic carbocycles. The summed E-state index contributed by atoms with van der Waals surface area (Å²) in [6.45, 7) is 5.85. The van der Waals surface area contributed by atoms with Crippen molar-refractivity contribution < 1.29 is 0 Å². The summed E-state index contributed by atoms with van der Waals surface area (Å²) < 4.78 is 0. The minimum atomic E-state index is 0.782. The summed E-state index contributed by atoms with van der Waals surface area (Å²) in [7, 11) is 0. The highest BCUT2D eigenvalue weighted by Crippen LogP contribution is 2.33. The van der Waals surface area contributed by atoms with Gasteiger partial charge in [0, 0.05) is 12.6 Å². The van der Waals surface area contributed by atoms with Crippen molar-refractivity contribution in [3.63, 3.8) is 0 Å². The number of piperidine rings is 1. The highest BCUT2D eigenvalue weighted by molar-refractivity contribution is 4.87. The largest absolute Gasteiger partial charge is 0.330 e. The van der Waals surface area contributed by atoms with E-state index in [2.05, 4.69) is 11.8 Å². The molecule has 1 saturated heterocycles. The normalized spacial score (nSPS) is 41.5. The van der Waals surface area contributed by atoms with Crippen molar-refractivity contribution in [1.29, 1.82) is 0 Å². The van der Waals surface area contributed by atoms with Crippen LogP contribution in [0.1, 0.15) is 32.6 Å². The Morgan fingerprint density at radius 2 is 2.15 bits per heavy atom. The molecule has 1 aliphatic heterocycles. The average molecular weight is 182 g/mol. The van der Waals surface area contributed by atoms with Crippen LogP contribution in [0.3, 0.4) is 0 Å². The van der Waals surface area contributed by atoms with Gasteiger partial charge in [0.1, 0.15) is 0 Å². The standard InChI is InChI=1S/C11H22N2/c1-9-5-11(6-9)13-4-2-3-10(7-12)8-13/h9-11H,2-8,12H2,1H3. The van der Waals surface area contributed by atoms with Gasteiger partial charge in [0.25, 0.3) is 0 Å². The van der Waals surface area contributed by atoms with Crippen molar-refractivity contribution in [1.82, 2.24) is 4.90 Å². The molecule has 1 saturated carbocycles. The first-order valence-electron chi connectivity index (χ1n) is 5.73. The van der Waals surface area contributed by atoms with Crippen LogP contribution in [-0.4, -0.2) is 30.6 Å². The zero-order valence-corrected chi connectivity index (χ0v) is 8.71. The van der Waals surface area contributed by atoms with Gasteiger partial charge in [-0.1, -0.05) is 6.92 Å². The third kappa shape index (κ3) is 2.05. The van der Waals surface area contributed by atoms with E-state index in [4.69, 9.17) is 5.73 Å². The van der Waals surface area contributed by atoms with Gasteiger partial charge in [0.05, 0.1) is 0 Å². The van der Waals surface area contributed by atoms with Crippen molar-refractivity contribution >= 4 is 0 Å². The Hall–Kier alpha value is -0.0800. The number of nitrogens with zero attached hydrogens (tertiary/aromatic N) is 1. The van der Waals surface area contributed by atoms with Crippen LogP contribution in [0.4, 0.5) is 0 Å². The van der Waals surface area contributed by atoms with Gasteiger partial charge in [-0.3, -0.25) is 0 Å². The minimum absolute atomic E-state index is 0.782. The fourth-order valence-corrected chi connectivity index (χ4v) is 2.78. The fourth-order valence-electron chi connectivity index (χ4n) is 2.78. The Kier molecular flexibility index (Phi) is 2.89. The molecule has 1 heterocycles. The zero-order valence-electron chi connectivity index (χ0n) is 8.71. The molecule has 0 radical (unpaired) electrons. The lowest BCUT2D eigenvalue weighted by atomic mass is 9.79. The molecule has 2 aliphatic rings. The summed E-state index contributed by atoms with van der Waals surface area (Å²) in [4.78, 5) is 2.68. The fraction of sp³-hybridized carbons (Fsp3) is 1.00. The lowest BCUT2D eigenvalue weighted by Crippen LogP contribution is -2.49. The highest BCUT2D eigenvalue weighted by atomic mass is 15.2. The van der Waals surface area contributed by atoms with E-state index in [0.717, 1.165) is 24.4 Å². The van der Waals surface area contributed by atoms with Gasteiger partial charge < -0.3 is 10.6 Å². The molecule has 2 N–H and O–H groups in total. The first-order chi connectivity index (χ1) is 6.29. The van der Waals surface area contributed by atoms with Crippen LogP contribution in [0.25, 0.3) is 0 Å². The lowest BCUT2D eigenvalue weighted by molar-refractivity contribution is 0.0498. The predicted octanol–water partition coefficient (Wildman–Crippen LogP) is 1.46. The molecule has 0 aromatic rings. The smallest absolute Gasteiger partial charge is 0.0100 e. The van der Waals surface area contributed by atoms with Crippen molar-refractivity contribution in [3.05, 3.63) is 0 Å². The van der Waals surface area contributed by atoms with Gasteiger partial charge >= 0.3 is 0 Å². The van der Waals surface area contributed by atoms with Crippen molar-refractivity contribution in [2.75, 3.05) is 19.6 Å². The Labute approximate surface area is 81.5 Å². The predicted molar refractivity (Wildman–Crippen MR) is 55.5 cm³/mol. The van der Waals surface area contributed by atoms with E-state index in [1.807, 2.05) is 0 Å². The van der Waals surface area contributed by atoms with Crippen molar-refractivity contribution in [2.24, 2.45) is 17.6 Å². The molecule has 13 heavy (non-hydrogen) atoms. The van der Waals surface area contributed by atoms with Gasteiger partial charge in [0.2, 0.25) is 0 Å². The quantitative estimate of drug-likeness (QED) is 0.700. The average Bonchev–Trinajstić information content (AvgIpc) is 2.13. The van der Waals surface area contributed by atoms with E-state index >= 15 is 0 Å². The number of rotatable bonds is 2. The molecular weight excluding hydrogens is 160 g/mol. The maximum atomic E-state index is 5.73. The van der Waals surface area contributed by atoms with Crippen LogP contribution in [0.15, 0.2) is 0 Å². The summed E-state index contributed by atoms with van der Waals surface area (Å²) in [5.74, 6) is 1.76. The zero-order chi connectivity index (χ0) is 9.26. The Bertz CT molecular complexity index is 163. The van der Waals surface area contributed by atoms with Gasteiger partial charge in [-0.2, -0.15) is 0 Å². The molecule has 0 aromatic carbocycles. The molecule has 2 fully saturated rings. The molecule has 2 heteroatoms. The van der Waals surface area contributed by atoms with E-state index in [0.29, 0.717) is 0 Å². The van der Waals surface area contributed by atoms with Gasteiger partial charge in [-0.25, -0.2) is 0 Å². The second-order valence-corrected chi connectivity index (χ2v) is 4.97. The molecule has 2 rings (SSSR count). The highest BCUT2D eigenvalue weighted by Gasteiger charge is 2.32. The van der Waals surface area contributed by atoms with E-state index in [-0.39, 0.29) is 0 Å². The second-order valence-electron chi connectivity index (χ2n) is 4.97. The maximum absolute atomic E-state index is 5.73. The summed E-state index contributed by atoms with van der Waals surface area (Å²) in [5.41, 5.74) is 5.73. The minimum Gasteiger partial charge on any atom is -0.330 e. The van der Waals surface area contributed by atoms with Gasteiger partial charge in [0.15, 0.2) is 0 Å². The third-order valence-electron chi connectivity index (χ3n) is 3.75. The Morgan fingerprint density at radius 3 is 2.77 bits per heavy atom. The summed E-state index contributed by atoms with van der Waals surface area (Å²) in [6.07, 6.45) is 5.58. The molecule has 0 spiro atoms. The number of hydrogen-bond donors (Lipinski definition) is 1. The van der Waals surface area contributed by atoms with Crippen molar-refractivity contribution in [3.8, 4) is 0 Å². The first kappa shape index (κ1) is 9.47. The topological polar surface area (TPSA) is 29.3 Å². The van der Waals surface area contributed by atoms with E-state index in [1.165, 1.54) is 38.8 Å². The number of hydrogen-bond acceptors (Lipinski definition) is 2. The van der Waals surface area contributed by atoms with Crippen LogP contribution < -0.4 is 5.73 Å². The third-order valence-corrected chi connectivity index (χ3v) is 3.75. The van der Waals surface area contributed by atoms with E-state index in [9.17, 15) is 0 Å². The molecule has 1 atom stereocenters. The molecule has 0 amide bonds. The molecule has 2 nitrogen and oxygen atoms in total. The summed E-state index contributed by atoms with van der Waals surface area (Å²) >= 11 is 0. The second kappa shape index (κ2) is 3.97. The molecule has 76 valence electrons. The number of likely N-dealkylation sites (tertiary alicyclic amines) is 1. The van der Waals surface area contributed by atoms with Crippen LogP contribution in [0.2, 0.25) is 0 Å².